The van der Waals surface area contributed by atoms with Gasteiger partial charge in [0.15, 0.2) is 0 Å². The number of rotatable bonds is 4. The van der Waals surface area contributed by atoms with Crippen LogP contribution in [0.25, 0.3) is 0 Å². The zero-order valence-electron chi connectivity index (χ0n) is 11.7. The third-order valence-corrected chi connectivity index (χ3v) is 2.67. The van der Waals surface area contributed by atoms with Crippen molar-refractivity contribution in [3.8, 4) is 0 Å². The molecule has 2 amide bonds. The average molecular weight is 275 g/mol. The summed E-state index contributed by atoms with van der Waals surface area (Å²) in [5, 5.41) is 5.34. The van der Waals surface area contributed by atoms with E-state index in [-0.39, 0.29) is 12.6 Å². The quantitative estimate of drug-likeness (QED) is 0.889. The van der Waals surface area contributed by atoms with Crippen molar-refractivity contribution in [2.45, 2.75) is 33.7 Å². The smallest absolute Gasteiger partial charge is 0.320 e. The van der Waals surface area contributed by atoms with Crippen molar-refractivity contribution < 1.29 is 9.21 Å². The molecule has 7 nitrogen and oxygen atoms in total. The minimum Gasteiger partial charge on any atom is -0.444 e. The third kappa shape index (κ3) is 3.53. The molecule has 7 heteroatoms. The molecule has 0 saturated heterocycles. The number of carbonyl (C=O) groups is 1. The maximum atomic E-state index is 11.8. The Labute approximate surface area is 116 Å². The maximum absolute atomic E-state index is 11.8. The van der Waals surface area contributed by atoms with Crippen LogP contribution in [0.2, 0.25) is 0 Å². The lowest BCUT2D eigenvalue weighted by molar-refractivity contribution is 0.250. The van der Waals surface area contributed by atoms with Gasteiger partial charge in [-0.1, -0.05) is 6.92 Å². The second-order valence-corrected chi connectivity index (χ2v) is 4.33. The number of hydrogen-bond donors (Lipinski definition) is 2. The highest BCUT2D eigenvalue weighted by atomic mass is 16.4. The van der Waals surface area contributed by atoms with Gasteiger partial charge in [0.25, 0.3) is 0 Å². The highest BCUT2D eigenvalue weighted by molar-refractivity contribution is 5.88. The summed E-state index contributed by atoms with van der Waals surface area (Å²) in [5.74, 6) is 2.37. The number of nitrogens with one attached hydrogen (secondary N) is 2. The largest absolute Gasteiger partial charge is 0.444 e. The first-order valence-corrected chi connectivity index (χ1v) is 6.37. The van der Waals surface area contributed by atoms with Crippen LogP contribution in [0, 0.1) is 13.8 Å². The number of amides is 2. The van der Waals surface area contributed by atoms with Crippen molar-refractivity contribution in [1.29, 1.82) is 0 Å². The molecule has 106 valence electrons. The fourth-order valence-corrected chi connectivity index (χ4v) is 1.56. The van der Waals surface area contributed by atoms with Crippen LogP contribution in [-0.2, 0) is 13.0 Å². The van der Waals surface area contributed by atoms with Crippen molar-refractivity contribution in [3.05, 3.63) is 35.4 Å². The van der Waals surface area contributed by atoms with E-state index in [1.54, 1.807) is 19.3 Å². The maximum Gasteiger partial charge on any atom is 0.320 e. The first-order valence-electron chi connectivity index (χ1n) is 6.37. The summed E-state index contributed by atoms with van der Waals surface area (Å²) in [6.45, 7) is 5.80. The lowest BCUT2D eigenvalue weighted by Gasteiger charge is -2.08. The van der Waals surface area contributed by atoms with E-state index in [4.69, 9.17) is 4.42 Å². The van der Waals surface area contributed by atoms with E-state index in [2.05, 4.69) is 25.6 Å². The highest BCUT2D eigenvalue weighted by Crippen LogP contribution is 2.09. The Morgan fingerprint density at radius 1 is 1.30 bits per heavy atom. The van der Waals surface area contributed by atoms with Crippen LogP contribution in [0.1, 0.15) is 30.0 Å². The summed E-state index contributed by atoms with van der Waals surface area (Å²) >= 11 is 0. The third-order valence-electron chi connectivity index (χ3n) is 2.67. The molecule has 2 heterocycles. The van der Waals surface area contributed by atoms with Crippen LogP contribution < -0.4 is 10.6 Å². The van der Waals surface area contributed by atoms with Gasteiger partial charge in [0, 0.05) is 18.2 Å². The predicted octanol–water partition coefficient (Wildman–Crippen LogP) is 1.97. The van der Waals surface area contributed by atoms with Gasteiger partial charge >= 0.3 is 6.03 Å². The van der Waals surface area contributed by atoms with Crippen LogP contribution in [-0.4, -0.2) is 21.0 Å². The number of anilines is 1. The molecule has 2 aromatic heterocycles. The predicted molar refractivity (Wildman–Crippen MR) is 73.2 cm³/mol. The van der Waals surface area contributed by atoms with Crippen molar-refractivity contribution in [2.75, 3.05) is 5.32 Å². The van der Waals surface area contributed by atoms with Crippen LogP contribution in [0.15, 0.2) is 16.8 Å². The van der Waals surface area contributed by atoms with E-state index >= 15 is 0 Å². The van der Waals surface area contributed by atoms with Crippen molar-refractivity contribution in [3.63, 3.8) is 0 Å². The van der Waals surface area contributed by atoms with Gasteiger partial charge in [-0.05, 0) is 13.8 Å². The molecule has 0 spiro atoms. The second-order valence-electron chi connectivity index (χ2n) is 4.33. The molecule has 0 aromatic carbocycles. The Kier molecular flexibility index (Phi) is 4.29. The number of urea groups is 1. The van der Waals surface area contributed by atoms with Crippen LogP contribution >= 0.6 is 0 Å². The summed E-state index contributed by atoms with van der Waals surface area (Å²) in [4.78, 5) is 24.0. The fraction of sp³-hybridized carbons (Fsp3) is 0.385. The number of aryl methyl sites for hydroxylation is 3. The van der Waals surface area contributed by atoms with Gasteiger partial charge in [0.2, 0.25) is 5.89 Å². The van der Waals surface area contributed by atoms with Crippen LogP contribution in [0.4, 0.5) is 10.6 Å². The SMILES string of the molecule is CCc1cnc(CNC(=O)Nc2nc(C)ncc2C)o1. The van der Waals surface area contributed by atoms with E-state index in [1.165, 1.54) is 0 Å². The Balaban J connectivity index is 1.90. The Hall–Kier alpha value is -2.44. The van der Waals surface area contributed by atoms with Gasteiger partial charge in [-0.15, -0.1) is 0 Å². The number of aromatic nitrogens is 3. The standard InChI is InChI=1S/C13H17N5O2/c1-4-10-6-15-11(20-10)7-16-13(19)18-12-8(2)5-14-9(3)17-12/h5-6H,4,7H2,1-3H3,(H2,14,16,17,18,19). The molecule has 0 bridgehead atoms. The van der Waals surface area contributed by atoms with Gasteiger partial charge in [0.05, 0.1) is 12.7 Å². The summed E-state index contributed by atoms with van der Waals surface area (Å²) in [7, 11) is 0. The number of carbonyl (C=O) groups excluding carboxylic acids is 1. The van der Waals surface area contributed by atoms with Gasteiger partial charge in [-0.25, -0.2) is 19.7 Å². The lowest BCUT2D eigenvalue weighted by Crippen LogP contribution is -2.29. The molecule has 0 fully saturated rings. The minimum absolute atomic E-state index is 0.231. The molecule has 0 radical (unpaired) electrons. The summed E-state index contributed by atoms with van der Waals surface area (Å²) < 4.78 is 5.40. The zero-order valence-corrected chi connectivity index (χ0v) is 11.7. The average Bonchev–Trinajstić information content (AvgIpc) is 2.89. The van der Waals surface area contributed by atoms with Crippen LogP contribution in [0.3, 0.4) is 0 Å². The molecule has 0 unspecified atom stereocenters. The fourth-order valence-electron chi connectivity index (χ4n) is 1.56. The normalized spacial score (nSPS) is 10.3. The molecule has 0 saturated carbocycles. The van der Waals surface area contributed by atoms with Gasteiger partial charge in [-0.3, -0.25) is 5.32 Å². The summed E-state index contributed by atoms with van der Waals surface area (Å²) in [6, 6.07) is -0.359. The lowest BCUT2D eigenvalue weighted by atomic mass is 10.3. The number of oxazole rings is 1. The second kappa shape index (κ2) is 6.14. The molecule has 0 aliphatic carbocycles. The highest BCUT2D eigenvalue weighted by Gasteiger charge is 2.08. The first-order chi connectivity index (χ1) is 9.58. The summed E-state index contributed by atoms with van der Waals surface area (Å²) in [5.41, 5.74) is 0.801. The van der Waals surface area contributed by atoms with Gasteiger partial charge in [-0.2, -0.15) is 0 Å². The van der Waals surface area contributed by atoms with E-state index in [0.717, 1.165) is 17.7 Å². The first kappa shape index (κ1) is 14.0. The van der Waals surface area contributed by atoms with E-state index in [9.17, 15) is 4.79 Å². The molecular formula is C13H17N5O2. The molecule has 2 N–H and O–H groups in total. The molecular weight excluding hydrogens is 258 g/mol. The van der Waals surface area contributed by atoms with E-state index in [0.29, 0.717) is 17.5 Å². The van der Waals surface area contributed by atoms with Gasteiger partial charge < -0.3 is 9.73 Å². The topological polar surface area (TPSA) is 92.9 Å². The number of nitrogens with zero attached hydrogens (tertiary/aromatic N) is 3. The Bertz CT molecular complexity index is 609. The number of hydrogen-bond acceptors (Lipinski definition) is 5. The summed E-state index contributed by atoms with van der Waals surface area (Å²) in [6.07, 6.45) is 4.10. The van der Waals surface area contributed by atoms with Crippen molar-refractivity contribution in [1.82, 2.24) is 20.3 Å². The molecule has 20 heavy (non-hydrogen) atoms. The zero-order chi connectivity index (χ0) is 14.5. The Morgan fingerprint density at radius 2 is 2.10 bits per heavy atom. The molecule has 0 atom stereocenters. The molecule has 0 aliphatic rings. The monoisotopic (exact) mass is 275 g/mol. The Morgan fingerprint density at radius 3 is 2.80 bits per heavy atom. The van der Waals surface area contributed by atoms with E-state index in [1.807, 2.05) is 13.8 Å². The van der Waals surface area contributed by atoms with Crippen LogP contribution in [0.5, 0.6) is 0 Å². The molecule has 2 aromatic rings. The molecule has 0 aliphatic heterocycles. The molecule has 2 rings (SSSR count). The van der Waals surface area contributed by atoms with Crippen molar-refractivity contribution >= 4 is 11.8 Å². The van der Waals surface area contributed by atoms with Crippen molar-refractivity contribution in [2.24, 2.45) is 0 Å². The minimum atomic E-state index is -0.359. The van der Waals surface area contributed by atoms with Gasteiger partial charge in [0.1, 0.15) is 17.4 Å². The van der Waals surface area contributed by atoms with E-state index < -0.39 is 0 Å².